The molecule has 0 atom stereocenters. The van der Waals surface area contributed by atoms with E-state index in [0.29, 0.717) is 17.7 Å². The number of rotatable bonds is 12. The van der Waals surface area contributed by atoms with Gasteiger partial charge in [-0.2, -0.15) is 0 Å². The SMILES string of the molecule is CCCCCCCCOc1c(O)c2ccc(OCC(=O)OCC)cc2oc1=O. The van der Waals surface area contributed by atoms with Crippen LogP contribution in [0.4, 0.5) is 0 Å². The normalized spacial score (nSPS) is 10.8. The van der Waals surface area contributed by atoms with E-state index in [4.69, 9.17) is 18.6 Å². The Morgan fingerprint density at radius 2 is 1.82 bits per heavy atom. The summed E-state index contributed by atoms with van der Waals surface area (Å²) in [5.41, 5.74) is -0.602. The smallest absolute Gasteiger partial charge is 0.383 e. The number of unbranched alkanes of at least 4 members (excludes halogenated alkanes) is 5. The maximum Gasteiger partial charge on any atom is 0.383 e. The Balaban J connectivity index is 2.00. The Hall–Kier alpha value is -2.70. The molecule has 0 aliphatic heterocycles. The molecule has 0 saturated carbocycles. The van der Waals surface area contributed by atoms with E-state index >= 15 is 0 Å². The van der Waals surface area contributed by atoms with Gasteiger partial charge in [0.05, 0.1) is 18.6 Å². The molecule has 0 saturated heterocycles. The van der Waals surface area contributed by atoms with Crippen molar-refractivity contribution < 1.29 is 28.5 Å². The van der Waals surface area contributed by atoms with Crippen molar-refractivity contribution in [3.63, 3.8) is 0 Å². The van der Waals surface area contributed by atoms with E-state index in [2.05, 4.69) is 6.92 Å². The molecule has 0 aliphatic carbocycles. The van der Waals surface area contributed by atoms with Crippen LogP contribution in [0.5, 0.6) is 17.2 Å². The van der Waals surface area contributed by atoms with Crippen LogP contribution in [0.3, 0.4) is 0 Å². The molecule has 0 fully saturated rings. The lowest BCUT2D eigenvalue weighted by Crippen LogP contribution is -2.14. The van der Waals surface area contributed by atoms with Crippen molar-refractivity contribution in [1.82, 2.24) is 0 Å². The fraction of sp³-hybridized carbons (Fsp3) is 0.524. The first-order valence-corrected chi connectivity index (χ1v) is 9.77. The van der Waals surface area contributed by atoms with E-state index in [1.165, 1.54) is 25.3 Å². The first kappa shape index (κ1) is 21.6. The second-order valence-corrected chi connectivity index (χ2v) is 6.44. The van der Waals surface area contributed by atoms with Crippen molar-refractivity contribution in [2.24, 2.45) is 0 Å². The van der Waals surface area contributed by atoms with Crippen LogP contribution in [0, 0.1) is 0 Å². The zero-order chi connectivity index (χ0) is 20.4. The molecule has 7 heteroatoms. The third-order valence-electron chi connectivity index (χ3n) is 4.22. The minimum atomic E-state index is -0.751. The number of ether oxygens (including phenoxy) is 3. The third kappa shape index (κ3) is 6.18. The van der Waals surface area contributed by atoms with Gasteiger partial charge in [0.2, 0.25) is 5.75 Å². The van der Waals surface area contributed by atoms with Gasteiger partial charge in [0.15, 0.2) is 12.4 Å². The average molecular weight is 392 g/mol. The number of benzene rings is 1. The van der Waals surface area contributed by atoms with Gasteiger partial charge in [-0.05, 0) is 25.5 Å². The highest BCUT2D eigenvalue weighted by Crippen LogP contribution is 2.33. The van der Waals surface area contributed by atoms with Crippen molar-refractivity contribution in [3.8, 4) is 17.2 Å². The Morgan fingerprint density at radius 1 is 1.07 bits per heavy atom. The van der Waals surface area contributed by atoms with Crippen molar-refractivity contribution in [1.29, 1.82) is 0 Å². The Bertz CT molecular complexity index is 825. The van der Waals surface area contributed by atoms with E-state index in [0.717, 1.165) is 19.3 Å². The Morgan fingerprint density at radius 3 is 2.57 bits per heavy atom. The van der Waals surface area contributed by atoms with Crippen LogP contribution >= 0.6 is 0 Å². The van der Waals surface area contributed by atoms with Crippen molar-refractivity contribution in [2.75, 3.05) is 19.8 Å². The zero-order valence-corrected chi connectivity index (χ0v) is 16.5. The summed E-state index contributed by atoms with van der Waals surface area (Å²) < 4.78 is 20.8. The Kier molecular flexibility index (Phi) is 8.65. The fourth-order valence-electron chi connectivity index (χ4n) is 2.77. The first-order chi connectivity index (χ1) is 13.6. The lowest BCUT2D eigenvalue weighted by Gasteiger charge is -2.10. The lowest BCUT2D eigenvalue weighted by molar-refractivity contribution is -0.145. The number of hydrogen-bond donors (Lipinski definition) is 1. The summed E-state index contributed by atoms with van der Waals surface area (Å²) in [6.45, 7) is 4.23. The molecule has 0 spiro atoms. The van der Waals surface area contributed by atoms with Crippen LogP contribution in [0.1, 0.15) is 52.4 Å². The van der Waals surface area contributed by atoms with Gasteiger partial charge in [0.1, 0.15) is 11.3 Å². The molecule has 2 rings (SSSR count). The van der Waals surface area contributed by atoms with Crippen LogP contribution in [0.15, 0.2) is 27.4 Å². The molecule has 2 aromatic rings. The molecular weight excluding hydrogens is 364 g/mol. The minimum Gasteiger partial charge on any atom is -0.504 e. The van der Waals surface area contributed by atoms with E-state index in [1.54, 1.807) is 19.1 Å². The molecule has 1 heterocycles. The summed E-state index contributed by atoms with van der Waals surface area (Å²) >= 11 is 0. The number of aromatic hydroxyl groups is 1. The van der Waals surface area contributed by atoms with Crippen molar-refractivity contribution >= 4 is 16.9 Å². The summed E-state index contributed by atoms with van der Waals surface area (Å²) in [6, 6.07) is 4.55. The lowest BCUT2D eigenvalue weighted by atomic mass is 10.1. The van der Waals surface area contributed by atoms with Crippen molar-refractivity contribution in [2.45, 2.75) is 52.4 Å². The summed E-state index contributed by atoms with van der Waals surface area (Å²) in [5.74, 6) is -0.607. The molecule has 0 unspecified atom stereocenters. The van der Waals surface area contributed by atoms with Crippen LogP contribution in [-0.2, 0) is 9.53 Å². The highest BCUT2D eigenvalue weighted by atomic mass is 16.6. The van der Waals surface area contributed by atoms with Gasteiger partial charge < -0.3 is 23.7 Å². The highest BCUT2D eigenvalue weighted by molar-refractivity contribution is 5.86. The van der Waals surface area contributed by atoms with Gasteiger partial charge in [0, 0.05) is 6.07 Å². The van der Waals surface area contributed by atoms with Crippen molar-refractivity contribution in [3.05, 3.63) is 28.6 Å². The fourth-order valence-corrected chi connectivity index (χ4v) is 2.77. The largest absolute Gasteiger partial charge is 0.504 e. The standard InChI is InChI=1S/C21H28O7/c1-3-5-6-7-8-9-12-26-20-19(23)16-11-10-15(13-17(16)28-21(20)24)27-14-18(22)25-4-2/h10-11,13,23H,3-9,12,14H2,1-2H3. The van der Waals surface area contributed by atoms with Crippen LogP contribution in [0.25, 0.3) is 11.0 Å². The molecule has 0 aliphatic rings. The number of fused-ring (bicyclic) bond motifs is 1. The maximum atomic E-state index is 12.2. The van der Waals surface area contributed by atoms with E-state index in [-0.39, 0.29) is 30.3 Å². The predicted molar refractivity (Wildman–Crippen MR) is 105 cm³/mol. The second kappa shape index (κ2) is 11.2. The molecular formula is C21H28O7. The molecule has 1 aromatic carbocycles. The molecule has 1 aromatic heterocycles. The molecule has 7 nitrogen and oxygen atoms in total. The van der Waals surface area contributed by atoms with E-state index in [9.17, 15) is 14.7 Å². The topological polar surface area (TPSA) is 95.2 Å². The van der Waals surface area contributed by atoms with E-state index in [1.807, 2.05) is 0 Å². The number of esters is 1. The van der Waals surface area contributed by atoms with Gasteiger partial charge in [-0.3, -0.25) is 0 Å². The molecule has 1 N–H and O–H groups in total. The summed E-state index contributed by atoms with van der Waals surface area (Å²) in [6.07, 6.45) is 6.56. The predicted octanol–water partition coefficient (Wildman–Crippen LogP) is 4.18. The summed E-state index contributed by atoms with van der Waals surface area (Å²) in [7, 11) is 0. The molecule has 28 heavy (non-hydrogen) atoms. The van der Waals surface area contributed by atoms with Gasteiger partial charge in [0.25, 0.3) is 0 Å². The Labute approximate surface area is 164 Å². The molecule has 154 valence electrons. The van der Waals surface area contributed by atoms with Gasteiger partial charge in [-0.25, -0.2) is 9.59 Å². The zero-order valence-electron chi connectivity index (χ0n) is 16.5. The maximum absolute atomic E-state index is 12.2. The third-order valence-corrected chi connectivity index (χ3v) is 4.22. The van der Waals surface area contributed by atoms with Gasteiger partial charge in [-0.1, -0.05) is 39.0 Å². The van der Waals surface area contributed by atoms with Crippen LogP contribution in [-0.4, -0.2) is 30.9 Å². The second-order valence-electron chi connectivity index (χ2n) is 6.44. The van der Waals surface area contributed by atoms with Gasteiger partial charge >= 0.3 is 11.6 Å². The van der Waals surface area contributed by atoms with Crippen LogP contribution < -0.4 is 15.1 Å². The van der Waals surface area contributed by atoms with Gasteiger partial charge in [-0.15, -0.1) is 0 Å². The minimum absolute atomic E-state index is 0.149. The average Bonchev–Trinajstić information content (AvgIpc) is 2.68. The monoisotopic (exact) mass is 392 g/mol. The highest BCUT2D eigenvalue weighted by Gasteiger charge is 2.16. The van der Waals surface area contributed by atoms with E-state index < -0.39 is 11.6 Å². The summed E-state index contributed by atoms with van der Waals surface area (Å²) in [4.78, 5) is 23.5. The number of carbonyl (C=O) groups excluding carboxylic acids is 1. The quantitative estimate of drug-likeness (QED) is 0.329. The molecule has 0 radical (unpaired) electrons. The number of hydrogen-bond acceptors (Lipinski definition) is 7. The molecule has 0 bridgehead atoms. The van der Waals surface area contributed by atoms with Crippen LogP contribution in [0.2, 0.25) is 0 Å². The molecule has 0 amide bonds. The number of carbonyl (C=O) groups is 1. The summed E-state index contributed by atoms with van der Waals surface area (Å²) in [5, 5.41) is 10.7. The first-order valence-electron chi connectivity index (χ1n) is 9.77.